The zero-order valence-electron chi connectivity index (χ0n) is 16.0. The smallest absolute Gasteiger partial charge is 0.410 e. The maximum absolute atomic E-state index is 12.1. The fourth-order valence-corrected chi connectivity index (χ4v) is 2.76. The maximum Gasteiger partial charge on any atom is 0.410 e. The topological polar surface area (TPSA) is 29.5 Å². The van der Waals surface area contributed by atoms with E-state index in [0.717, 1.165) is 25.9 Å². The van der Waals surface area contributed by atoms with Crippen molar-refractivity contribution < 1.29 is 9.53 Å². The molecular weight excluding hydrogens is 298 g/mol. The first-order chi connectivity index (χ1) is 11.0. The van der Waals surface area contributed by atoms with E-state index in [0.29, 0.717) is 0 Å². The van der Waals surface area contributed by atoms with Crippen LogP contribution in [0, 0.1) is 0 Å². The second kappa shape index (κ2) is 7.00. The Labute approximate surface area is 146 Å². The second-order valence-corrected chi connectivity index (χ2v) is 8.64. The van der Waals surface area contributed by atoms with E-state index in [-0.39, 0.29) is 11.5 Å². The fourth-order valence-electron chi connectivity index (χ4n) is 2.76. The Morgan fingerprint density at radius 3 is 2.00 bits per heavy atom. The Hall–Kier alpha value is -1.77. The molecule has 1 aliphatic heterocycles. The third-order valence-electron chi connectivity index (χ3n) is 4.20. The number of ether oxygens (including phenoxy) is 1. The lowest BCUT2D eigenvalue weighted by Gasteiger charge is -2.31. The van der Waals surface area contributed by atoms with E-state index >= 15 is 0 Å². The van der Waals surface area contributed by atoms with Gasteiger partial charge in [-0.2, -0.15) is 0 Å². The van der Waals surface area contributed by atoms with Crippen LogP contribution in [0.3, 0.4) is 0 Å². The van der Waals surface area contributed by atoms with Crippen LogP contribution >= 0.6 is 0 Å². The molecule has 1 fully saturated rings. The minimum atomic E-state index is -0.429. The molecule has 1 saturated heterocycles. The van der Waals surface area contributed by atoms with E-state index in [4.69, 9.17) is 4.74 Å². The van der Waals surface area contributed by atoms with E-state index < -0.39 is 5.60 Å². The van der Waals surface area contributed by atoms with Gasteiger partial charge < -0.3 is 9.64 Å². The van der Waals surface area contributed by atoms with Crippen molar-refractivity contribution in [3.8, 4) is 0 Å². The standard InChI is InChI=1S/C21H31NO2/c1-20(2,3)18-9-7-16(8-10-18)15-17-11-13-22(14-12-17)19(23)24-21(4,5)6/h7-10,15H,11-14H2,1-6H3. The molecule has 2 rings (SSSR count). The molecule has 1 aliphatic rings. The monoisotopic (exact) mass is 329 g/mol. The lowest BCUT2D eigenvalue weighted by Crippen LogP contribution is -2.40. The summed E-state index contributed by atoms with van der Waals surface area (Å²) in [6.07, 6.45) is 3.90. The molecule has 0 aromatic heterocycles. The number of likely N-dealkylation sites (tertiary alicyclic amines) is 1. The van der Waals surface area contributed by atoms with Crippen LogP contribution < -0.4 is 0 Å². The van der Waals surface area contributed by atoms with Gasteiger partial charge in [-0.3, -0.25) is 0 Å². The molecule has 0 spiro atoms. The van der Waals surface area contributed by atoms with E-state index in [2.05, 4.69) is 51.1 Å². The molecule has 1 aromatic carbocycles. The summed E-state index contributed by atoms with van der Waals surface area (Å²) in [6.45, 7) is 13.9. The Morgan fingerprint density at radius 2 is 1.54 bits per heavy atom. The molecule has 0 atom stereocenters. The highest BCUT2D eigenvalue weighted by Crippen LogP contribution is 2.25. The number of carbonyl (C=O) groups is 1. The summed E-state index contributed by atoms with van der Waals surface area (Å²) in [5.74, 6) is 0. The molecule has 0 saturated carbocycles. The quantitative estimate of drug-likeness (QED) is 0.690. The molecule has 24 heavy (non-hydrogen) atoms. The summed E-state index contributed by atoms with van der Waals surface area (Å²) in [7, 11) is 0. The lowest BCUT2D eigenvalue weighted by molar-refractivity contribution is 0.0237. The average molecular weight is 329 g/mol. The molecule has 0 aliphatic carbocycles. The number of carbonyl (C=O) groups excluding carboxylic acids is 1. The largest absolute Gasteiger partial charge is 0.444 e. The summed E-state index contributed by atoms with van der Waals surface area (Å²) < 4.78 is 5.44. The van der Waals surface area contributed by atoms with Gasteiger partial charge in [-0.15, -0.1) is 0 Å². The van der Waals surface area contributed by atoms with E-state index in [9.17, 15) is 4.79 Å². The number of benzene rings is 1. The normalized spacial score (nSPS) is 16.1. The van der Waals surface area contributed by atoms with Gasteiger partial charge in [-0.25, -0.2) is 4.79 Å². The van der Waals surface area contributed by atoms with Crippen molar-refractivity contribution in [3.05, 3.63) is 41.0 Å². The molecule has 3 heteroatoms. The van der Waals surface area contributed by atoms with Gasteiger partial charge in [0.15, 0.2) is 0 Å². The number of nitrogens with zero attached hydrogens (tertiary/aromatic N) is 1. The maximum atomic E-state index is 12.1. The Morgan fingerprint density at radius 1 is 1.00 bits per heavy atom. The molecule has 0 N–H and O–H groups in total. The predicted octanol–water partition coefficient (Wildman–Crippen LogP) is 5.40. The number of hydrogen-bond donors (Lipinski definition) is 0. The number of hydrogen-bond acceptors (Lipinski definition) is 2. The first kappa shape index (κ1) is 18.6. The van der Waals surface area contributed by atoms with Crippen LogP contribution in [0.1, 0.15) is 65.5 Å². The molecule has 3 nitrogen and oxygen atoms in total. The van der Waals surface area contributed by atoms with Gasteiger partial charge in [0.1, 0.15) is 5.60 Å². The van der Waals surface area contributed by atoms with Gasteiger partial charge in [0.05, 0.1) is 0 Å². The van der Waals surface area contributed by atoms with Crippen molar-refractivity contribution in [1.82, 2.24) is 4.90 Å². The van der Waals surface area contributed by atoms with Gasteiger partial charge in [0.2, 0.25) is 0 Å². The van der Waals surface area contributed by atoms with Gasteiger partial charge in [0.25, 0.3) is 0 Å². The molecule has 1 aromatic rings. The van der Waals surface area contributed by atoms with E-state index in [1.165, 1.54) is 16.7 Å². The van der Waals surface area contributed by atoms with Crippen molar-refractivity contribution in [2.24, 2.45) is 0 Å². The number of rotatable bonds is 1. The lowest BCUT2D eigenvalue weighted by atomic mass is 9.86. The third kappa shape index (κ3) is 5.40. The van der Waals surface area contributed by atoms with Crippen molar-refractivity contribution in [2.75, 3.05) is 13.1 Å². The van der Waals surface area contributed by atoms with Crippen LogP contribution in [0.2, 0.25) is 0 Å². The van der Waals surface area contributed by atoms with E-state index in [1.807, 2.05) is 25.7 Å². The van der Waals surface area contributed by atoms with Gasteiger partial charge >= 0.3 is 6.09 Å². The Kier molecular flexibility index (Phi) is 5.42. The zero-order valence-corrected chi connectivity index (χ0v) is 16.0. The minimum absolute atomic E-state index is 0.185. The highest BCUT2D eigenvalue weighted by Gasteiger charge is 2.24. The van der Waals surface area contributed by atoms with Gasteiger partial charge in [0, 0.05) is 13.1 Å². The molecular formula is C21H31NO2. The Bertz CT molecular complexity index is 590. The number of amides is 1. The zero-order chi connectivity index (χ0) is 18.0. The Balaban J connectivity index is 1.94. The van der Waals surface area contributed by atoms with Crippen molar-refractivity contribution in [2.45, 2.75) is 65.4 Å². The summed E-state index contributed by atoms with van der Waals surface area (Å²) in [6, 6.07) is 8.80. The fraction of sp³-hybridized carbons (Fsp3) is 0.571. The van der Waals surface area contributed by atoms with Crippen LogP contribution in [-0.4, -0.2) is 29.7 Å². The van der Waals surface area contributed by atoms with E-state index in [1.54, 1.807) is 0 Å². The highest BCUT2D eigenvalue weighted by molar-refractivity contribution is 5.68. The summed E-state index contributed by atoms with van der Waals surface area (Å²) >= 11 is 0. The molecule has 0 radical (unpaired) electrons. The predicted molar refractivity (Wildman–Crippen MR) is 100 cm³/mol. The first-order valence-corrected chi connectivity index (χ1v) is 8.82. The van der Waals surface area contributed by atoms with Crippen LogP contribution in [0.15, 0.2) is 29.8 Å². The average Bonchev–Trinajstić information content (AvgIpc) is 2.46. The molecule has 1 amide bonds. The second-order valence-electron chi connectivity index (χ2n) is 8.64. The summed E-state index contributed by atoms with van der Waals surface area (Å²) in [5, 5.41) is 0. The van der Waals surface area contributed by atoms with Crippen molar-refractivity contribution in [1.29, 1.82) is 0 Å². The van der Waals surface area contributed by atoms with Gasteiger partial charge in [-0.05, 0) is 50.2 Å². The molecule has 0 unspecified atom stereocenters. The van der Waals surface area contributed by atoms with Crippen molar-refractivity contribution in [3.63, 3.8) is 0 Å². The highest BCUT2D eigenvalue weighted by atomic mass is 16.6. The summed E-state index contributed by atoms with van der Waals surface area (Å²) in [5.41, 5.74) is 3.75. The molecule has 1 heterocycles. The van der Waals surface area contributed by atoms with Crippen LogP contribution in [-0.2, 0) is 10.2 Å². The molecule has 0 bridgehead atoms. The molecule has 132 valence electrons. The number of piperidine rings is 1. The third-order valence-corrected chi connectivity index (χ3v) is 4.20. The SMILES string of the molecule is CC(C)(C)OC(=O)N1CCC(=Cc2ccc(C(C)(C)C)cc2)CC1. The van der Waals surface area contributed by atoms with Gasteiger partial charge in [-0.1, -0.05) is 56.7 Å². The van der Waals surface area contributed by atoms with Crippen molar-refractivity contribution >= 4 is 12.2 Å². The summed E-state index contributed by atoms with van der Waals surface area (Å²) in [4.78, 5) is 13.9. The van der Waals surface area contributed by atoms with Crippen LogP contribution in [0.25, 0.3) is 6.08 Å². The minimum Gasteiger partial charge on any atom is -0.444 e. The van der Waals surface area contributed by atoms with Crippen LogP contribution in [0.5, 0.6) is 0 Å². The first-order valence-electron chi connectivity index (χ1n) is 8.82. The van der Waals surface area contributed by atoms with Crippen LogP contribution in [0.4, 0.5) is 4.79 Å².